The summed E-state index contributed by atoms with van der Waals surface area (Å²) in [6.45, 7) is 6.38. The van der Waals surface area contributed by atoms with E-state index in [0.29, 0.717) is 6.04 Å². The number of benzene rings is 1. The average Bonchev–Trinajstić information content (AvgIpc) is 2.83. The minimum atomic E-state index is 0.295. The van der Waals surface area contributed by atoms with E-state index >= 15 is 0 Å². The fourth-order valence-corrected chi connectivity index (χ4v) is 2.23. The Labute approximate surface area is 109 Å². The van der Waals surface area contributed by atoms with Crippen molar-refractivity contribution >= 4 is 0 Å². The molecule has 0 bridgehead atoms. The van der Waals surface area contributed by atoms with Crippen molar-refractivity contribution in [3.05, 3.63) is 47.2 Å². The van der Waals surface area contributed by atoms with Crippen LogP contribution in [0.15, 0.2) is 34.7 Å². The largest absolute Gasteiger partial charge is 0.459 e. The van der Waals surface area contributed by atoms with Crippen LogP contribution >= 0.6 is 0 Å². The molecule has 2 aromatic rings. The van der Waals surface area contributed by atoms with Crippen molar-refractivity contribution in [2.45, 2.75) is 33.2 Å². The van der Waals surface area contributed by atoms with Crippen LogP contribution in [0.1, 0.15) is 36.3 Å². The van der Waals surface area contributed by atoms with Crippen molar-refractivity contribution in [1.29, 1.82) is 0 Å². The van der Waals surface area contributed by atoms with Gasteiger partial charge in [-0.15, -0.1) is 0 Å². The normalized spacial score (nSPS) is 12.7. The van der Waals surface area contributed by atoms with Crippen molar-refractivity contribution in [2.24, 2.45) is 0 Å². The molecule has 0 aliphatic heterocycles. The quantitative estimate of drug-likeness (QED) is 0.869. The molecule has 0 spiro atoms. The SMILES string of the molecule is CCC(NC)c1ccc(-c2cc(C)ccc2C)o1. The zero-order valence-electron chi connectivity index (χ0n) is 11.6. The van der Waals surface area contributed by atoms with E-state index < -0.39 is 0 Å². The molecule has 18 heavy (non-hydrogen) atoms. The van der Waals surface area contributed by atoms with Crippen LogP contribution in [-0.4, -0.2) is 7.05 Å². The molecule has 0 amide bonds. The lowest BCUT2D eigenvalue weighted by Gasteiger charge is -2.10. The van der Waals surface area contributed by atoms with Crippen LogP contribution in [-0.2, 0) is 0 Å². The van der Waals surface area contributed by atoms with Crippen LogP contribution in [0.3, 0.4) is 0 Å². The fourth-order valence-electron chi connectivity index (χ4n) is 2.23. The Kier molecular flexibility index (Phi) is 3.87. The van der Waals surface area contributed by atoms with Crippen LogP contribution in [0.4, 0.5) is 0 Å². The van der Waals surface area contributed by atoms with E-state index in [1.807, 2.05) is 7.05 Å². The monoisotopic (exact) mass is 243 g/mol. The standard InChI is InChI=1S/C16H21NO/c1-5-14(17-4)16-9-8-15(18-16)13-10-11(2)6-7-12(13)3/h6-10,14,17H,5H2,1-4H3. The van der Waals surface area contributed by atoms with Gasteiger partial charge in [-0.05, 0) is 51.1 Å². The average molecular weight is 243 g/mol. The maximum Gasteiger partial charge on any atom is 0.134 e. The molecular weight excluding hydrogens is 222 g/mol. The molecule has 1 N–H and O–H groups in total. The van der Waals surface area contributed by atoms with E-state index in [-0.39, 0.29) is 0 Å². The zero-order valence-corrected chi connectivity index (χ0v) is 11.6. The van der Waals surface area contributed by atoms with Gasteiger partial charge in [0.1, 0.15) is 11.5 Å². The first-order valence-electron chi connectivity index (χ1n) is 6.50. The van der Waals surface area contributed by atoms with Gasteiger partial charge < -0.3 is 9.73 Å². The third-order valence-corrected chi connectivity index (χ3v) is 3.39. The van der Waals surface area contributed by atoms with Gasteiger partial charge in [-0.25, -0.2) is 0 Å². The first-order valence-corrected chi connectivity index (χ1v) is 6.50. The molecule has 0 aliphatic rings. The lowest BCUT2D eigenvalue weighted by Crippen LogP contribution is -2.14. The van der Waals surface area contributed by atoms with E-state index in [4.69, 9.17) is 4.42 Å². The van der Waals surface area contributed by atoms with E-state index in [1.165, 1.54) is 16.7 Å². The highest BCUT2D eigenvalue weighted by molar-refractivity contribution is 5.63. The van der Waals surface area contributed by atoms with E-state index in [2.05, 4.69) is 56.4 Å². The van der Waals surface area contributed by atoms with Crippen molar-refractivity contribution in [2.75, 3.05) is 7.05 Å². The second-order valence-electron chi connectivity index (χ2n) is 4.77. The van der Waals surface area contributed by atoms with E-state index in [1.54, 1.807) is 0 Å². The number of rotatable bonds is 4. The number of hydrogen-bond donors (Lipinski definition) is 1. The minimum absolute atomic E-state index is 0.295. The highest BCUT2D eigenvalue weighted by atomic mass is 16.3. The summed E-state index contributed by atoms with van der Waals surface area (Å²) in [6, 6.07) is 10.9. The van der Waals surface area contributed by atoms with Crippen LogP contribution in [0, 0.1) is 13.8 Å². The second kappa shape index (κ2) is 5.40. The number of furan rings is 1. The summed E-state index contributed by atoms with van der Waals surface area (Å²) in [4.78, 5) is 0. The molecule has 2 rings (SSSR count). The fraction of sp³-hybridized carbons (Fsp3) is 0.375. The summed E-state index contributed by atoms with van der Waals surface area (Å²) < 4.78 is 5.99. The third-order valence-electron chi connectivity index (χ3n) is 3.39. The molecule has 0 saturated heterocycles. The Morgan fingerprint density at radius 3 is 2.61 bits per heavy atom. The summed E-state index contributed by atoms with van der Waals surface area (Å²) in [5.74, 6) is 1.97. The van der Waals surface area contributed by atoms with Gasteiger partial charge in [-0.1, -0.05) is 24.6 Å². The summed E-state index contributed by atoms with van der Waals surface area (Å²) >= 11 is 0. The van der Waals surface area contributed by atoms with Gasteiger partial charge in [-0.2, -0.15) is 0 Å². The molecule has 1 atom stereocenters. The van der Waals surface area contributed by atoms with Gasteiger partial charge in [0, 0.05) is 5.56 Å². The molecule has 1 aromatic carbocycles. The maximum absolute atomic E-state index is 5.99. The van der Waals surface area contributed by atoms with E-state index in [0.717, 1.165) is 17.9 Å². The highest BCUT2D eigenvalue weighted by Crippen LogP contribution is 2.29. The summed E-state index contributed by atoms with van der Waals surface area (Å²) in [7, 11) is 1.97. The van der Waals surface area contributed by atoms with Gasteiger partial charge >= 0.3 is 0 Å². The van der Waals surface area contributed by atoms with Crippen LogP contribution in [0.25, 0.3) is 11.3 Å². The molecule has 1 aromatic heterocycles. The molecule has 96 valence electrons. The van der Waals surface area contributed by atoms with Gasteiger partial charge in [0.25, 0.3) is 0 Å². The van der Waals surface area contributed by atoms with Gasteiger partial charge in [0.15, 0.2) is 0 Å². The lowest BCUT2D eigenvalue weighted by molar-refractivity contribution is 0.431. The Morgan fingerprint density at radius 2 is 1.94 bits per heavy atom. The Bertz CT molecular complexity index is 524. The van der Waals surface area contributed by atoms with Gasteiger partial charge in [0.2, 0.25) is 0 Å². The molecule has 0 aliphatic carbocycles. The maximum atomic E-state index is 5.99. The third kappa shape index (κ3) is 2.49. The predicted octanol–water partition coefficient (Wildman–Crippen LogP) is 4.23. The second-order valence-corrected chi connectivity index (χ2v) is 4.77. The smallest absolute Gasteiger partial charge is 0.134 e. The number of aryl methyl sites for hydroxylation is 2. The first kappa shape index (κ1) is 12.9. The predicted molar refractivity (Wildman–Crippen MR) is 75.7 cm³/mol. The molecule has 2 nitrogen and oxygen atoms in total. The van der Waals surface area contributed by atoms with Crippen molar-refractivity contribution < 1.29 is 4.42 Å². The van der Waals surface area contributed by atoms with Crippen molar-refractivity contribution in [3.8, 4) is 11.3 Å². The first-order chi connectivity index (χ1) is 8.65. The Hall–Kier alpha value is -1.54. The van der Waals surface area contributed by atoms with Crippen LogP contribution in [0.2, 0.25) is 0 Å². The zero-order chi connectivity index (χ0) is 13.1. The summed E-state index contributed by atoms with van der Waals surface area (Å²) in [6.07, 6.45) is 1.02. The molecule has 0 radical (unpaired) electrons. The molecule has 0 fully saturated rings. The van der Waals surface area contributed by atoms with Crippen molar-refractivity contribution in [3.63, 3.8) is 0 Å². The lowest BCUT2D eigenvalue weighted by atomic mass is 10.0. The number of hydrogen-bond acceptors (Lipinski definition) is 2. The van der Waals surface area contributed by atoms with Gasteiger partial charge in [-0.3, -0.25) is 0 Å². The van der Waals surface area contributed by atoms with Gasteiger partial charge in [0.05, 0.1) is 6.04 Å². The number of nitrogens with one attached hydrogen (secondary N) is 1. The molecule has 0 saturated carbocycles. The summed E-state index contributed by atoms with van der Waals surface area (Å²) in [5, 5.41) is 3.27. The van der Waals surface area contributed by atoms with E-state index in [9.17, 15) is 0 Å². The Balaban J connectivity index is 2.37. The molecule has 1 heterocycles. The molecule has 2 heteroatoms. The highest BCUT2D eigenvalue weighted by Gasteiger charge is 2.13. The molecular formula is C16H21NO. The van der Waals surface area contributed by atoms with Crippen LogP contribution in [0.5, 0.6) is 0 Å². The summed E-state index contributed by atoms with van der Waals surface area (Å²) in [5.41, 5.74) is 3.69. The van der Waals surface area contributed by atoms with Crippen molar-refractivity contribution in [1.82, 2.24) is 5.32 Å². The minimum Gasteiger partial charge on any atom is -0.459 e. The van der Waals surface area contributed by atoms with Crippen LogP contribution < -0.4 is 5.32 Å². The molecule has 1 unspecified atom stereocenters. The Morgan fingerprint density at radius 1 is 1.17 bits per heavy atom. The topological polar surface area (TPSA) is 25.2 Å².